The summed E-state index contributed by atoms with van der Waals surface area (Å²) < 4.78 is 30.1. The van der Waals surface area contributed by atoms with Gasteiger partial charge in [-0.2, -0.15) is 12.7 Å². The van der Waals surface area contributed by atoms with Gasteiger partial charge in [-0.15, -0.1) is 6.58 Å². The summed E-state index contributed by atoms with van der Waals surface area (Å²) in [5.41, 5.74) is -2.54. The summed E-state index contributed by atoms with van der Waals surface area (Å²) in [6.45, 7) is 22.2. The van der Waals surface area contributed by atoms with E-state index >= 15 is 14.4 Å². The van der Waals surface area contributed by atoms with Crippen LogP contribution in [-0.4, -0.2) is 102 Å². The molecule has 3 amide bonds. The van der Waals surface area contributed by atoms with Crippen molar-refractivity contribution >= 4 is 39.5 Å². The van der Waals surface area contributed by atoms with E-state index in [1.165, 1.54) is 4.31 Å². The predicted octanol–water partition coefficient (Wildman–Crippen LogP) is 7.90. The second kappa shape index (κ2) is 18.1. The summed E-state index contributed by atoms with van der Waals surface area (Å²) in [6.07, 6.45) is 17.6. The molecule has 0 bridgehead atoms. The zero-order chi connectivity index (χ0) is 46.7. The zero-order valence-electron chi connectivity index (χ0n) is 40.8. The third-order valence-corrected chi connectivity index (χ3v) is 21.1. The normalized spacial score (nSPS) is 32.4. The Morgan fingerprint density at radius 2 is 1.39 bits per heavy atom. The van der Waals surface area contributed by atoms with Crippen molar-refractivity contribution in [1.82, 2.24) is 24.1 Å². The fourth-order valence-electron chi connectivity index (χ4n) is 14.8. The van der Waals surface area contributed by atoms with Crippen LogP contribution < -0.4 is 10.0 Å². The number of nitrogens with zero attached hydrogens (tertiary/aromatic N) is 3. The van der Waals surface area contributed by atoms with Crippen LogP contribution in [0.15, 0.2) is 12.7 Å². The lowest BCUT2D eigenvalue weighted by atomic mass is 9.63. The Labute approximate surface area is 385 Å². The number of rotatable bonds is 18. The van der Waals surface area contributed by atoms with Crippen molar-refractivity contribution in [3.8, 4) is 0 Å². The fourth-order valence-corrected chi connectivity index (χ4v) is 16.1. The molecule has 64 heavy (non-hydrogen) atoms. The van der Waals surface area contributed by atoms with E-state index < -0.39 is 50.4 Å². The number of carbonyl (C=O) groups is 5. The summed E-state index contributed by atoms with van der Waals surface area (Å²) in [7, 11) is -4.13. The van der Waals surface area contributed by atoms with Crippen molar-refractivity contribution in [2.24, 2.45) is 44.3 Å². The number of likely N-dealkylation sites (tertiary alicyclic amines) is 2. The number of allylic oxidation sites excluding steroid dienone is 1. The second-order valence-corrected chi connectivity index (χ2v) is 24.8. The first-order chi connectivity index (χ1) is 30.1. The van der Waals surface area contributed by atoms with Gasteiger partial charge in [-0.05, 0) is 112 Å². The minimum Gasteiger partial charge on any atom is -0.344 e. The highest BCUT2D eigenvalue weighted by atomic mass is 32.2. The van der Waals surface area contributed by atoms with Gasteiger partial charge in [0, 0.05) is 43.9 Å². The molecule has 360 valence electrons. The zero-order valence-corrected chi connectivity index (χ0v) is 41.6. The molecule has 7 atom stereocenters. The van der Waals surface area contributed by atoms with Gasteiger partial charge in [-0.25, -0.2) is 4.72 Å². The number of fused-ring (bicyclic) bond motifs is 1. The molecule has 0 radical (unpaired) electrons. The maximum atomic E-state index is 15.9. The lowest BCUT2D eigenvalue weighted by Gasteiger charge is -2.45. The number of nitrogens with one attached hydrogen (secondary N) is 2. The molecule has 7 aliphatic rings. The van der Waals surface area contributed by atoms with Gasteiger partial charge in [0.1, 0.15) is 0 Å². The highest BCUT2D eigenvalue weighted by Gasteiger charge is 2.85. The van der Waals surface area contributed by atoms with Gasteiger partial charge < -0.3 is 10.2 Å². The van der Waals surface area contributed by atoms with Crippen LogP contribution in [0.3, 0.4) is 0 Å². The molecule has 5 saturated carbocycles. The number of hydrogen-bond donors (Lipinski definition) is 2. The summed E-state index contributed by atoms with van der Waals surface area (Å²) in [5, 5.41) is 3.38. The Bertz CT molecular complexity index is 1930. The van der Waals surface area contributed by atoms with Crippen LogP contribution in [0.1, 0.15) is 184 Å². The third-order valence-electron chi connectivity index (χ3n) is 19.4. The molecule has 13 heteroatoms. The molecule has 2 aliphatic heterocycles. The van der Waals surface area contributed by atoms with Crippen LogP contribution in [0.5, 0.6) is 0 Å². The van der Waals surface area contributed by atoms with Crippen LogP contribution in [0, 0.1) is 44.3 Å². The van der Waals surface area contributed by atoms with Gasteiger partial charge >= 0.3 is 10.2 Å². The van der Waals surface area contributed by atoms with E-state index in [4.69, 9.17) is 0 Å². The van der Waals surface area contributed by atoms with Crippen molar-refractivity contribution in [3.63, 3.8) is 0 Å². The number of ketones is 2. The fraction of sp³-hybridized carbons (Fsp3) is 0.863. The lowest BCUT2D eigenvalue weighted by molar-refractivity contribution is -0.149. The molecule has 5 aliphatic carbocycles. The van der Waals surface area contributed by atoms with Crippen LogP contribution in [0.2, 0.25) is 0 Å². The summed E-state index contributed by atoms with van der Waals surface area (Å²) in [4.78, 5) is 79.1. The molecular formula is C51H83N5O7S. The first kappa shape index (κ1) is 49.3. The quantitative estimate of drug-likeness (QED) is 0.132. The number of hydrogen-bond acceptors (Lipinski definition) is 8. The van der Waals surface area contributed by atoms with Gasteiger partial charge in [0.05, 0.1) is 29.5 Å². The van der Waals surface area contributed by atoms with E-state index in [1.807, 2.05) is 4.90 Å². The van der Waals surface area contributed by atoms with Crippen molar-refractivity contribution in [2.75, 3.05) is 26.2 Å². The standard InChI is InChI=1S/C51H83N5O7S/c1-10-36-31-49(36,45(61)53-64(62,63)54(11-2)12-3)33-41(58)39-32-51(46(6,7)50(51)27-21-28-50)34-56(39)44(60)37(47(8)23-16-13-17-24-47)30-40(57)42(48(9)25-18-14-19-26-48)52-43(59)38-22-15-20-29-55(38)35(4)5/h10,35-39,42H,1,11-34H2,2-9H3,(H,52,59)(H,53,61)/t36-,37-,38+,39+,42-,49-,51-/m1/s1. The van der Waals surface area contributed by atoms with Crippen molar-refractivity contribution in [1.29, 1.82) is 0 Å². The molecule has 0 aromatic heterocycles. The van der Waals surface area contributed by atoms with E-state index in [9.17, 15) is 18.0 Å². The molecule has 2 saturated heterocycles. The minimum atomic E-state index is -4.13. The smallest absolute Gasteiger partial charge is 0.303 e. The Kier molecular flexibility index (Phi) is 13.9. The molecule has 2 heterocycles. The molecule has 2 N–H and O–H groups in total. The van der Waals surface area contributed by atoms with Gasteiger partial charge in [0.25, 0.3) is 0 Å². The average molecular weight is 910 g/mol. The van der Waals surface area contributed by atoms with E-state index in [0.29, 0.717) is 19.4 Å². The molecule has 2 spiro atoms. The molecule has 12 nitrogen and oxygen atoms in total. The second-order valence-electron chi connectivity index (χ2n) is 23.1. The van der Waals surface area contributed by atoms with Gasteiger partial charge in [0.15, 0.2) is 11.6 Å². The Hall–Kier alpha value is -2.64. The number of carbonyl (C=O) groups excluding carboxylic acids is 5. The van der Waals surface area contributed by atoms with E-state index in [0.717, 1.165) is 109 Å². The Morgan fingerprint density at radius 1 is 0.781 bits per heavy atom. The molecule has 0 unspecified atom stereocenters. The maximum Gasteiger partial charge on any atom is 0.303 e. The molecule has 7 rings (SSSR count). The van der Waals surface area contributed by atoms with Crippen molar-refractivity contribution in [3.05, 3.63) is 12.7 Å². The molecule has 0 aromatic rings. The van der Waals surface area contributed by atoms with E-state index in [1.54, 1.807) is 19.9 Å². The van der Waals surface area contributed by atoms with Gasteiger partial charge in [0.2, 0.25) is 17.7 Å². The highest BCUT2D eigenvalue weighted by Crippen LogP contribution is 2.88. The Balaban J connectivity index is 1.22. The monoisotopic (exact) mass is 910 g/mol. The van der Waals surface area contributed by atoms with Crippen molar-refractivity contribution < 1.29 is 32.4 Å². The number of piperidine rings is 1. The average Bonchev–Trinajstić information content (AvgIpc) is 3.97. The molecular weight excluding hydrogens is 827 g/mol. The molecule has 0 aromatic carbocycles. The highest BCUT2D eigenvalue weighted by molar-refractivity contribution is 7.87. The lowest BCUT2D eigenvalue weighted by Crippen LogP contribution is -2.59. The van der Waals surface area contributed by atoms with Gasteiger partial charge in [-0.1, -0.05) is 99.0 Å². The predicted molar refractivity (Wildman–Crippen MR) is 250 cm³/mol. The maximum absolute atomic E-state index is 15.9. The first-order valence-corrected chi connectivity index (χ1v) is 26.9. The molecule has 7 fully saturated rings. The summed E-state index contributed by atoms with van der Waals surface area (Å²) in [6, 6.07) is -1.62. The van der Waals surface area contributed by atoms with E-state index in [-0.39, 0.29) is 83.6 Å². The third kappa shape index (κ3) is 8.27. The number of Topliss-reactive ketones (excluding diaryl/α,β-unsaturated/α-hetero) is 2. The van der Waals surface area contributed by atoms with Crippen LogP contribution in [-0.2, 0) is 34.2 Å². The largest absolute Gasteiger partial charge is 0.344 e. The topological polar surface area (TPSA) is 153 Å². The SMILES string of the molecule is C=C[C@@H]1C[C@]1(CC(=O)[C@@H]1C[C@@]2(CN1C(=O)[C@@H](CC(=O)[C@@H](NC(=O)[C@@H]1CCCCN1C(C)C)C1(C)CCCCC1)C1(C)CCCCC1)C(C)(C)C21CCC1)C(=O)NS(=O)(=O)N(CC)CC. The summed E-state index contributed by atoms with van der Waals surface area (Å²) in [5.74, 6) is -2.29. The van der Waals surface area contributed by atoms with Gasteiger partial charge in [-0.3, -0.25) is 28.9 Å². The number of amides is 3. The van der Waals surface area contributed by atoms with Crippen molar-refractivity contribution in [2.45, 2.75) is 208 Å². The van der Waals surface area contributed by atoms with Crippen LogP contribution in [0.25, 0.3) is 0 Å². The van der Waals surface area contributed by atoms with Crippen LogP contribution in [0.4, 0.5) is 0 Å². The summed E-state index contributed by atoms with van der Waals surface area (Å²) >= 11 is 0. The minimum absolute atomic E-state index is 0.00146. The first-order valence-electron chi connectivity index (χ1n) is 25.5. The Morgan fingerprint density at radius 3 is 1.91 bits per heavy atom. The van der Waals surface area contributed by atoms with E-state index in [2.05, 4.69) is 63.1 Å². The van der Waals surface area contributed by atoms with Crippen LogP contribution >= 0.6 is 0 Å².